The number of thioether (sulfide) groups is 1. The van der Waals surface area contributed by atoms with Gasteiger partial charge in [-0.15, -0.1) is 22.0 Å². The Morgan fingerprint density at radius 1 is 1.09 bits per heavy atom. The number of anilines is 2. The van der Waals surface area contributed by atoms with E-state index in [-0.39, 0.29) is 18.7 Å². The average molecular weight is 484 g/mol. The number of carbonyl (C=O) groups is 2. The second-order valence-electron chi connectivity index (χ2n) is 7.48. The first kappa shape index (κ1) is 21.5. The number of hydrogen-bond acceptors (Lipinski definition) is 8. The number of ether oxygens (including phenoxy) is 2. The van der Waals surface area contributed by atoms with Crippen LogP contribution in [0.3, 0.4) is 0 Å². The Labute approximate surface area is 198 Å². The normalized spacial score (nSPS) is 16.6. The van der Waals surface area contributed by atoms with Crippen LogP contribution in [0.25, 0.3) is 10.6 Å². The van der Waals surface area contributed by atoms with E-state index in [4.69, 9.17) is 9.47 Å². The van der Waals surface area contributed by atoms with Crippen molar-refractivity contribution in [2.75, 3.05) is 30.2 Å². The van der Waals surface area contributed by atoms with Gasteiger partial charge in [-0.1, -0.05) is 11.3 Å². The van der Waals surface area contributed by atoms with E-state index in [0.717, 1.165) is 16.9 Å². The monoisotopic (exact) mass is 483 g/mol. The van der Waals surface area contributed by atoms with Gasteiger partial charge in [0.25, 0.3) is 0 Å². The maximum atomic E-state index is 12.9. The number of rotatable bonds is 5. The van der Waals surface area contributed by atoms with Gasteiger partial charge >= 0.3 is 6.03 Å². The van der Waals surface area contributed by atoms with Gasteiger partial charge in [-0.05, 0) is 61.6 Å². The summed E-state index contributed by atoms with van der Waals surface area (Å²) in [6.45, 7) is 0.718. The molecule has 33 heavy (non-hydrogen) atoms. The summed E-state index contributed by atoms with van der Waals surface area (Å²) in [4.78, 5) is 28.4. The van der Waals surface area contributed by atoms with Crippen LogP contribution >= 0.6 is 23.1 Å². The lowest BCUT2D eigenvalue weighted by atomic mass is 10.2. The summed E-state index contributed by atoms with van der Waals surface area (Å²) in [5, 5.41) is 15.0. The summed E-state index contributed by atoms with van der Waals surface area (Å²) in [6.07, 6.45) is 3.35. The zero-order valence-electron chi connectivity index (χ0n) is 17.7. The minimum absolute atomic E-state index is 0.199. The van der Waals surface area contributed by atoms with Crippen LogP contribution in [-0.4, -0.2) is 52.7 Å². The number of hydrogen-bond donors (Lipinski definition) is 2. The largest absolute Gasteiger partial charge is 0.454 e. The van der Waals surface area contributed by atoms with Crippen molar-refractivity contribution in [1.29, 1.82) is 0 Å². The smallest absolute Gasteiger partial charge is 0.322 e. The molecule has 1 aromatic heterocycles. The van der Waals surface area contributed by atoms with Crippen LogP contribution in [0.5, 0.6) is 11.5 Å². The summed E-state index contributed by atoms with van der Waals surface area (Å²) in [6, 6.07) is 12.3. The van der Waals surface area contributed by atoms with E-state index in [1.807, 2.05) is 48.7 Å². The van der Waals surface area contributed by atoms with E-state index >= 15 is 0 Å². The molecule has 5 rings (SSSR count). The highest BCUT2D eigenvalue weighted by Crippen LogP contribution is 2.37. The molecule has 2 aliphatic heterocycles. The summed E-state index contributed by atoms with van der Waals surface area (Å²) in [5.74, 6) is 1.08. The zero-order valence-corrected chi connectivity index (χ0v) is 19.4. The van der Waals surface area contributed by atoms with E-state index in [0.29, 0.717) is 40.3 Å². The van der Waals surface area contributed by atoms with Crippen molar-refractivity contribution >= 4 is 45.9 Å². The minimum atomic E-state index is -0.562. The van der Waals surface area contributed by atoms with E-state index in [1.165, 1.54) is 11.3 Å². The van der Waals surface area contributed by atoms with Gasteiger partial charge in [0.2, 0.25) is 17.8 Å². The van der Waals surface area contributed by atoms with Gasteiger partial charge < -0.3 is 19.7 Å². The molecular formula is C22H21N5O4S2. The van der Waals surface area contributed by atoms with Crippen molar-refractivity contribution in [2.24, 2.45) is 0 Å². The quantitative estimate of drug-likeness (QED) is 0.522. The van der Waals surface area contributed by atoms with Crippen molar-refractivity contribution in [2.45, 2.75) is 23.8 Å². The van der Waals surface area contributed by atoms with Crippen LogP contribution in [0.15, 0.2) is 47.4 Å². The van der Waals surface area contributed by atoms with Crippen LogP contribution < -0.4 is 20.1 Å². The minimum Gasteiger partial charge on any atom is -0.454 e. The van der Waals surface area contributed by atoms with E-state index in [9.17, 15) is 9.59 Å². The third kappa shape index (κ3) is 4.60. The highest BCUT2D eigenvalue weighted by atomic mass is 32.2. The molecule has 9 nitrogen and oxygen atoms in total. The molecule has 0 saturated carbocycles. The molecule has 0 radical (unpaired) electrons. The van der Waals surface area contributed by atoms with Gasteiger partial charge in [0.05, 0.1) is 0 Å². The average Bonchev–Trinajstić information content (AvgIpc) is 3.59. The number of fused-ring (bicyclic) bond motifs is 1. The molecule has 2 aliphatic rings. The summed E-state index contributed by atoms with van der Waals surface area (Å²) >= 11 is 2.90. The van der Waals surface area contributed by atoms with Crippen molar-refractivity contribution in [3.63, 3.8) is 0 Å². The van der Waals surface area contributed by atoms with Crippen LogP contribution in [0.2, 0.25) is 0 Å². The molecule has 2 aromatic carbocycles. The summed E-state index contributed by atoms with van der Waals surface area (Å²) < 4.78 is 10.7. The Balaban J connectivity index is 1.23. The highest BCUT2D eigenvalue weighted by Gasteiger charge is 2.34. The standard InChI is InChI=1S/C22H21N5O4S2/c1-32-15-7-5-14(6-8-15)23-22(29)27-10-2-3-16(27)19(28)24-21-26-25-20(33-21)13-4-9-17-18(11-13)31-12-30-17/h4-9,11,16H,2-3,10,12H2,1H3,(H,23,29)(H,24,26,28). The fourth-order valence-electron chi connectivity index (χ4n) is 3.76. The molecule has 11 heteroatoms. The maximum Gasteiger partial charge on any atom is 0.322 e. The van der Waals surface area contributed by atoms with Crippen LogP contribution in [0.4, 0.5) is 15.6 Å². The predicted molar refractivity (Wildman–Crippen MR) is 127 cm³/mol. The number of nitrogens with one attached hydrogen (secondary N) is 2. The van der Waals surface area contributed by atoms with Gasteiger partial charge in [0, 0.05) is 22.7 Å². The van der Waals surface area contributed by atoms with Gasteiger partial charge in [-0.25, -0.2) is 4.79 Å². The zero-order chi connectivity index (χ0) is 22.8. The van der Waals surface area contributed by atoms with E-state index in [1.54, 1.807) is 16.7 Å². The lowest BCUT2D eigenvalue weighted by Crippen LogP contribution is -2.45. The molecule has 3 amide bonds. The fraction of sp³-hybridized carbons (Fsp3) is 0.273. The van der Waals surface area contributed by atoms with Gasteiger partial charge in [0.1, 0.15) is 11.0 Å². The number of urea groups is 1. The fourth-order valence-corrected chi connectivity index (χ4v) is 4.91. The first-order chi connectivity index (χ1) is 16.1. The summed E-state index contributed by atoms with van der Waals surface area (Å²) in [7, 11) is 0. The van der Waals surface area contributed by atoms with Crippen LogP contribution in [0.1, 0.15) is 12.8 Å². The molecular weight excluding hydrogens is 462 g/mol. The molecule has 1 fully saturated rings. The molecule has 0 spiro atoms. The molecule has 170 valence electrons. The Hall–Kier alpha value is -3.31. The molecule has 0 bridgehead atoms. The Morgan fingerprint density at radius 3 is 2.73 bits per heavy atom. The van der Waals surface area contributed by atoms with Gasteiger partial charge in [0.15, 0.2) is 11.5 Å². The Bertz CT molecular complexity index is 1180. The summed E-state index contributed by atoms with van der Waals surface area (Å²) in [5.41, 5.74) is 1.52. The first-order valence-electron chi connectivity index (χ1n) is 10.4. The SMILES string of the molecule is CSc1ccc(NC(=O)N2CCCC2C(=O)Nc2nnc(-c3ccc4c(c3)OCO4)s2)cc1. The van der Waals surface area contributed by atoms with Crippen molar-refractivity contribution in [1.82, 2.24) is 15.1 Å². The lowest BCUT2D eigenvalue weighted by Gasteiger charge is -2.23. The third-order valence-electron chi connectivity index (χ3n) is 5.43. The maximum absolute atomic E-state index is 12.9. The first-order valence-corrected chi connectivity index (χ1v) is 12.4. The molecule has 1 atom stereocenters. The van der Waals surface area contributed by atoms with Crippen molar-refractivity contribution < 1.29 is 19.1 Å². The Morgan fingerprint density at radius 2 is 1.91 bits per heavy atom. The second-order valence-corrected chi connectivity index (χ2v) is 9.34. The molecule has 1 unspecified atom stereocenters. The van der Waals surface area contributed by atoms with Crippen molar-refractivity contribution in [3.05, 3.63) is 42.5 Å². The predicted octanol–water partition coefficient (Wildman–Crippen LogP) is 4.29. The molecule has 2 N–H and O–H groups in total. The highest BCUT2D eigenvalue weighted by molar-refractivity contribution is 7.98. The third-order valence-corrected chi connectivity index (χ3v) is 7.06. The number of likely N-dealkylation sites (tertiary alicyclic amines) is 1. The number of benzene rings is 2. The second kappa shape index (κ2) is 9.28. The lowest BCUT2D eigenvalue weighted by molar-refractivity contribution is -0.119. The molecule has 3 heterocycles. The van der Waals surface area contributed by atoms with Gasteiger partial charge in [-0.3, -0.25) is 10.1 Å². The van der Waals surface area contributed by atoms with E-state index in [2.05, 4.69) is 20.8 Å². The number of amides is 3. The molecule has 1 saturated heterocycles. The van der Waals surface area contributed by atoms with Gasteiger partial charge in [-0.2, -0.15) is 0 Å². The topological polar surface area (TPSA) is 106 Å². The van der Waals surface area contributed by atoms with E-state index < -0.39 is 6.04 Å². The van der Waals surface area contributed by atoms with Crippen LogP contribution in [-0.2, 0) is 4.79 Å². The number of carbonyl (C=O) groups excluding carboxylic acids is 2. The van der Waals surface area contributed by atoms with Crippen LogP contribution in [0, 0.1) is 0 Å². The van der Waals surface area contributed by atoms with Crippen molar-refractivity contribution in [3.8, 4) is 22.1 Å². The molecule has 3 aromatic rings. The number of nitrogens with zero attached hydrogens (tertiary/aromatic N) is 3. The Kier molecular flexibility index (Phi) is 6.05. The molecule has 0 aliphatic carbocycles. The number of aromatic nitrogens is 2.